The van der Waals surface area contributed by atoms with Crippen molar-refractivity contribution in [3.8, 4) is 5.75 Å². The normalized spacial score (nSPS) is 21.4. The molecule has 0 aromatic heterocycles. The van der Waals surface area contributed by atoms with E-state index in [0.717, 1.165) is 17.5 Å². The molecule has 8 heteroatoms. The lowest BCUT2D eigenvalue weighted by molar-refractivity contribution is -0.123. The molecule has 3 aromatic rings. The smallest absolute Gasteiger partial charge is 0.271 e. The molecule has 2 aliphatic heterocycles. The number of rotatable bonds is 5. The summed E-state index contributed by atoms with van der Waals surface area (Å²) in [5.74, 6) is -0.448. The zero-order chi connectivity index (χ0) is 24.0. The van der Waals surface area contributed by atoms with Crippen LogP contribution in [0.5, 0.6) is 5.75 Å². The second-order valence-corrected chi connectivity index (χ2v) is 10.3. The van der Waals surface area contributed by atoms with E-state index in [2.05, 4.69) is 0 Å². The van der Waals surface area contributed by atoms with Crippen LogP contribution in [0.15, 0.2) is 66.7 Å². The molecule has 1 saturated heterocycles. The van der Waals surface area contributed by atoms with Gasteiger partial charge in [-0.2, -0.15) is 0 Å². The lowest BCUT2D eigenvalue weighted by Gasteiger charge is -2.33. The van der Waals surface area contributed by atoms with Crippen molar-refractivity contribution in [3.63, 3.8) is 0 Å². The predicted molar refractivity (Wildman–Crippen MR) is 134 cm³/mol. The highest BCUT2D eigenvalue weighted by molar-refractivity contribution is 7.88. The molecule has 174 valence electrons. The van der Waals surface area contributed by atoms with E-state index in [-0.39, 0.29) is 18.2 Å². The SMILES string of the molecule is CCc1ccc(N2C(=O)CS(=O)C23C(=O)N(Cc2ccc(Cl)cc2)c2ccc(OC)cc23)cc1. The summed E-state index contributed by atoms with van der Waals surface area (Å²) in [5.41, 5.74) is 3.64. The minimum Gasteiger partial charge on any atom is -0.497 e. The Bertz CT molecular complexity index is 1310. The Hall–Kier alpha value is -3.16. The fourth-order valence-electron chi connectivity index (χ4n) is 4.69. The van der Waals surface area contributed by atoms with Crippen LogP contribution in [0.3, 0.4) is 0 Å². The van der Waals surface area contributed by atoms with Crippen molar-refractivity contribution in [2.45, 2.75) is 24.8 Å². The Morgan fingerprint density at radius 1 is 1.00 bits per heavy atom. The van der Waals surface area contributed by atoms with Crippen LogP contribution in [0, 0.1) is 0 Å². The number of halogens is 1. The zero-order valence-electron chi connectivity index (χ0n) is 18.8. The highest BCUT2D eigenvalue weighted by atomic mass is 35.5. The van der Waals surface area contributed by atoms with E-state index in [0.29, 0.717) is 27.7 Å². The quantitative estimate of drug-likeness (QED) is 0.527. The van der Waals surface area contributed by atoms with Gasteiger partial charge < -0.3 is 9.64 Å². The molecule has 5 rings (SSSR count). The molecule has 34 heavy (non-hydrogen) atoms. The molecule has 1 fully saturated rings. The molecule has 2 heterocycles. The molecule has 2 amide bonds. The average molecular weight is 495 g/mol. The summed E-state index contributed by atoms with van der Waals surface area (Å²) in [6.45, 7) is 2.30. The lowest BCUT2D eigenvalue weighted by Crippen LogP contribution is -2.52. The van der Waals surface area contributed by atoms with E-state index in [9.17, 15) is 13.8 Å². The van der Waals surface area contributed by atoms with Crippen LogP contribution >= 0.6 is 11.6 Å². The number of carbonyl (C=O) groups excluding carboxylic acids is 2. The number of methoxy groups -OCH3 is 1. The minimum atomic E-state index is -1.80. The average Bonchev–Trinajstić information content (AvgIpc) is 3.25. The van der Waals surface area contributed by atoms with Gasteiger partial charge in [-0.05, 0) is 60.0 Å². The van der Waals surface area contributed by atoms with E-state index >= 15 is 0 Å². The minimum absolute atomic E-state index is 0.229. The van der Waals surface area contributed by atoms with E-state index in [4.69, 9.17) is 16.3 Å². The summed E-state index contributed by atoms with van der Waals surface area (Å²) in [4.78, 5) is 28.8. The summed E-state index contributed by atoms with van der Waals surface area (Å²) in [6, 6.07) is 20.0. The summed E-state index contributed by atoms with van der Waals surface area (Å²) in [7, 11) is -0.264. The first-order valence-corrected chi connectivity index (χ1v) is 12.6. The van der Waals surface area contributed by atoms with Crippen molar-refractivity contribution in [1.82, 2.24) is 0 Å². The van der Waals surface area contributed by atoms with Gasteiger partial charge >= 0.3 is 0 Å². The third-order valence-electron chi connectivity index (χ3n) is 6.40. The Labute approximate surface area is 205 Å². The molecule has 0 N–H and O–H groups in total. The Morgan fingerprint density at radius 2 is 1.68 bits per heavy atom. The monoisotopic (exact) mass is 494 g/mol. The molecular weight excluding hydrogens is 472 g/mol. The first-order valence-electron chi connectivity index (χ1n) is 11.0. The molecule has 2 aliphatic rings. The Morgan fingerprint density at radius 3 is 2.32 bits per heavy atom. The third-order valence-corrected chi connectivity index (χ3v) is 8.40. The van der Waals surface area contributed by atoms with Crippen LogP contribution < -0.4 is 14.5 Å². The molecule has 0 saturated carbocycles. The van der Waals surface area contributed by atoms with Gasteiger partial charge in [0.1, 0.15) is 11.5 Å². The largest absolute Gasteiger partial charge is 0.497 e. The predicted octanol–water partition coefficient (Wildman–Crippen LogP) is 4.41. The van der Waals surface area contributed by atoms with Crippen molar-refractivity contribution in [2.24, 2.45) is 0 Å². The number of carbonyl (C=O) groups is 2. The first-order chi connectivity index (χ1) is 16.4. The number of benzene rings is 3. The third kappa shape index (κ3) is 3.34. The highest BCUT2D eigenvalue weighted by Crippen LogP contribution is 2.52. The molecule has 1 spiro atoms. The maximum absolute atomic E-state index is 14.2. The van der Waals surface area contributed by atoms with Gasteiger partial charge in [0.2, 0.25) is 10.8 Å². The van der Waals surface area contributed by atoms with Crippen molar-refractivity contribution < 1.29 is 18.5 Å². The van der Waals surface area contributed by atoms with E-state index in [1.54, 1.807) is 35.2 Å². The Balaban J connectivity index is 1.69. The van der Waals surface area contributed by atoms with Gasteiger partial charge in [0, 0.05) is 16.3 Å². The van der Waals surface area contributed by atoms with Crippen LogP contribution in [-0.4, -0.2) is 28.9 Å². The van der Waals surface area contributed by atoms with Crippen molar-refractivity contribution in [1.29, 1.82) is 0 Å². The molecule has 2 atom stereocenters. The van der Waals surface area contributed by atoms with Gasteiger partial charge in [-0.1, -0.05) is 42.8 Å². The zero-order valence-corrected chi connectivity index (χ0v) is 20.4. The summed E-state index contributed by atoms with van der Waals surface area (Å²) in [5, 5.41) is 0.599. The van der Waals surface area contributed by atoms with Gasteiger partial charge in [-0.25, -0.2) is 0 Å². The van der Waals surface area contributed by atoms with Crippen molar-refractivity contribution in [2.75, 3.05) is 22.7 Å². The van der Waals surface area contributed by atoms with Gasteiger partial charge in [-0.3, -0.25) is 18.7 Å². The lowest BCUT2D eigenvalue weighted by atomic mass is 10.0. The standard InChI is InChI=1S/C26H23ClN2O4S/c1-3-17-6-10-20(11-7-17)29-24(30)16-34(32)26(29)22-14-21(33-2)12-13-23(22)28(25(26)31)15-18-4-8-19(27)9-5-18/h4-14H,3,15-16H2,1-2H3. The molecule has 3 aromatic carbocycles. The molecule has 6 nitrogen and oxygen atoms in total. The van der Waals surface area contributed by atoms with E-state index < -0.39 is 21.6 Å². The second kappa shape index (κ2) is 8.56. The highest BCUT2D eigenvalue weighted by Gasteiger charge is 2.65. The van der Waals surface area contributed by atoms with Crippen LogP contribution in [0.25, 0.3) is 0 Å². The number of aryl methyl sites for hydroxylation is 1. The van der Waals surface area contributed by atoms with Crippen LogP contribution in [0.2, 0.25) is 5.02 Å². The van der Waals surface area contributed by atoms with E-state index in [1.165, 1.54) is 12.0 Å². The van der Waals surface area contributed by atoms with Crippen LogP contribution in [-0.2, 0) is 38.2 Å². The molecule has 0 bridgehead atoms. The summed E-state index contributed by atoms with van der Waals surface area (Å²) < 4.78 is 19.1. The molecule has 2 unspecified atom stereocenters. The van der Waals surface area contributed by atoms with Crippen LogP contribution in [0.4, 0.5) is 11.4 Å². The fourth-order valence-corrected chi connectivity index (χ4v) is 6.50. The van der Waals surface area contributed by atoms with Gasteiger partial charge in [0.25, 0.3) is 5.91 Å². The number of nitrogens with zero attached hydrogens (tertiary/aromatic N) is 2. The number of hydrogen-bond donors (Lipinski definition) is 0. The fraction of sp³-hybridized carbons (Fsp3) is 0.231. The molecule has 0 aliphatic carbocycles. The topological polar surface area (TPSA) is 66.9 Å². The summed E-state index contributed by atoms with van der Waals surface area (Å²) >= 11 is 6.03. The molecular formula is C26H23ClN2O4S. The number of amides is 2. The van der Waals surface area contributed by atoms with Gasteiger partial charge in [0.05, 0.1) is 30.1 Å². The molecule has 0 radical (unpaired) electrons. The number of fused-ring (bicyclic) bond motifs is 2. The maximum Gasteiger partial charge on any atom is 0.271 e. The Kier molecular flexibility index (Phi) is 5.70. The van der Waals surface area contributed by atoms with Crippen LogP contribution in [0.1, 0.15) is 23.6 Å². The van der Waals surface area contributed by atoms with Gasteiger partial charge in [0.15, 0.2) is 0 Å². The summed E-state index contributed by atoms with van der Waals surface area (Å²) in [6.07, 6.45) is 0.846. The van der Waals surface area contributed by atoms with Crippen molar-refractivity contribution in [3.05, 3.63) is 88.4 Å². The van der Waals surface area contributed by atoms with Crippen molar-refractivity contribution >= 4 is 45.6 Å². The number of hydrogen-bond acceptors (Lipinski definition) is 4. The number of ether oxygens (including phenoxy) is 1. The van der Waals surface area contributed by atoms with Gasteiger partial charge in [-0.15, -0.1) is 0 Å². The number of anilines is 2. The maximum atomic E-state index is 14.2. The first kappa shape index (κ1) is 22.6. The second-order valence-electron chi connectivity index (χ2n) is 8.28. The van der Waals surface area contributed by atoms with E-state index in [1.807, 2.05) is 43.3 Å².